The molecule has 3 rings (SSSR count). The van der Waals surface area contributed by atoms with Gasteiger partial charge in [0.1, 0.15) is 5.82 Å². The summed E-state index contributed by atoms with van der Waals surface area (Å²) in [5.74, 6) is 1.98. The Balaban J connectivity index is 1.42. The molecule has 0 spiro atoms. The fourth-order valence-electron chi connectivity index (χ4n) is 3.49. The van der Waals surface area contributed by atoms with Gasteiger partial charge in [-0.25, -0.2) is 4.98 Å². The lowest BCUT2D eigenvalue weighted by atomic mass is 10.0. The van der Waals surface area contributed by atoms with E-state index in [0.29, 0.717) is 6.04 Å². The molecule has 110 valence electrons. The topological polar surface area (TPSA) is 28.2 Å². The van der Waals surface area contributed by atoms with Crippen molar-refractivity contribution in [1.82, 2.24) is 9.88 Å². The number of likely N-dealkylation sites (tertiary alicyclic amines) is 1. The molecule has 0 amide bonds. The minimum Gasteiger partial charge on any atom is -0.367 e. The normalized spacial score (nSPS) is 22.2. The van der Waals surface area contributed by atoms with Gasteiger partial charge in [-0.2, -0.15) is 0 Å². The van der Waals surface area contributed by atoms with Gasteiger partial charge in [-0.3, -0.25) is 0 Å². The van der Waals surface area contributed by atoms with Crippen LogP contribution in [0.25, 0.3) is 0 Å². The van der Waals surface area contributed by atoms with Crippen molar-refractivity contribution in [1.29, 1.82) is 0 Å². The first kappa shape index (κ1) is 14.3. The Morgan fingerprint density at radius 3 is 2.55 bits per heavy atom. The summed E-state index contributed by atoms with van der Waals surface area (Å²) in [6.45, 7) is 3.82. The van der Waals surface area contributed by atoms with Gasteiger partial charge in [0.2, 0.25) is 0 Å². The predicted octanol–water partition coefficient (Wildman–Crippen LogP) is 3.91. The first-order valence-corrected chi connectivity index (χ1v) is 8.69. The summed E-state index contributed by atoms with van der Waals surface area (Å²) in [5, 5.41) is 3.56. The van der Waals surface area contributed by atoms with Crippen LogP contribution in [-0.4, -0.2) is 35.6 Å². The van der Waals surface area contributed by atoms with E-state index in [-0.39, 0.29) is 0 Å². The van der Waals surface area contributed by atoms with Crippen molar-refractivity contribution in [2.75, 3.05) is 25.0 Å². The third-order valence-electron chi connectivity index (χ3n) is 4.66. The maximum atomic E-state index is 4.40. The van der Waals surface area contributed by atoms with E-state index in [1.807, 2.05) is 12.3 Å². The summed E-state index contributed by atoms with van der Waals surface area (Å²) in [7, 11) is 0. The summed E-state index contributed by atoms with van der Waals surface area (Å²) in [6.07, 6.45) is 10.2. The van der Waals surface area contributed by atoms with Crippen LogP contribution in [0.1, 0.15) is 38.5 Å². The van der Waals surface area contributed by atoms with Crippen LogP contribution in [0.3, 0.4) is 0 Å². The van der Waals surface area contributed by atoms with Crippen molar-refractivity contribution in [2.45, 2.75) is 44.6 Å². The second kappa shape index (κ2) is 6.90. The molecule has 4 heteroatoms. The summed E-state index contributed by atoms with van der Waals surface area (Å²) < 4.78 is 1.04. The van der Waals surface area contributed by atoms with Gasteiger partial charge in [-0.1, -0.05) is 12.8 Å². The van der Waals surface area contributed by atoms with E-state index in [2.05, 4.69) is 37.2 Å². The standard InChI is InChI=1S/C16H24BrN3/c17-14-5-6-16(18-11-14)19-15-7-9-20(10-8-15)12-13-3-1-2-4-13/h5-6,11,13,15H,1-4,7-10,12H2,(H,18,19). The molecule has 0 bridgehead atoms. The van der Waals surface area contributed by atoms with Crippen LogP contribution in [0.2, 0.25) is 0 Å². The molecule has 1 aliphatic heterocycles. The van der Waals surface area contributed by atoms with Gasteiger partial charge in [0, 0.05) is 36.3 Å². The molecule has 0 unspecified atom stereocenters. The van der Waals surface area contributed by atoms with Gasteiger partial charge < -0.3 is 10.2 Å². The number of hydrogen-bond donors (Lipinski definition) is 1. The quantitative estimate of drug-likeness (QED) is 0.902. The Morgan fingerprint density at radius 1 is 1.15 bits per heavy atom. The molecule has 20 heavy (non-hydrogen) atoms. The lowest BCUT2D eigenvalue weighted by Crippen LogP contribution is -2.41. The Hall–Kier alpha value is -0.610. The Bertz CT molecular complexity index is 406. The Morgan fingerprint density at radius 2 is 1.90 bits per heavy atom. The zero-order valence-electron chi connectivity index (χ0n) is 12.0. The van der Waals surface area contributed by atoms with Crippen molar-refractivity contribution >= 4 is 21.7 Å². The summed E-state index contributed by atoms with van der Waals surface area (Å²) in [4.78, 5) is 7.07. The lowest BCUT2D eigenvalue weighted by Gasteiger charge is -2.34. The van der Waals surface area contributed by atoms with Gasteiger partial charge in [-0.05, 0) is 59.7 Å². The zero-order chi connectivity index (χ0) is 13.8. The zero-order valence-corrected chi connectivity index (χ0v) is 13.6. The highest BCUT2D eigenvalue weighted by Crippen LogP contribution is 2.26. The number of aromatic nitrogens is 1. The summed E-state index contributed by atoms with van der Waals surface area (Å²) >= 11 is 3.42. The van der Waals surface area contributed by atoms with Crippen LogP contribution >= 0.6 is 15.9 Å². The number of rotatable bonds is 4. The van der Waals surface area contributed by atoms with Crippen LogP contribution in [0.15, 0.2) is 22.8 Å². The number of nitrogens with zero attached hydrogens (tertiary/aromatic N) is 2. The molecule has 1 aromatic rings. The van der Waals surface area contributed by atoms with Crippen LogP contribution < -0.4 is 5.32 Å². The molecule has 0 aromatic carbocycles. The van der Waals surface area contributed by atoms with Crippen molar-refractivity contribution in [3.05, 3.63) is 22.8 Å². The van der Waals surface area contributed by atoms with Gasteiger partial charge >= 0.3 is 0 Å². The van der Waals surface area contributed by atoms with E-state index in [1.165, 1.54) is 58.2 Å². The summed E-state index contributed by atoms with van der Waals surface area (Å²) in [6, 6.07) is 4.68. The average Bonchev–Trinajstić information content (AvgIpc) is 2.96. The minimum atomic E-state index is 0.587. The fraction of sp³-hybridized carbons (Fsp3) is 0.688. The van der Waals surface area contributed by atoms with E-state index in [9.17, 15) is 0 Å². The molecule has 0 radical (unpaired) electrons. The maximum Gasteiger partial charge on any atom is 0.126 e. The molecule has 2 heterocycles. The number of nitrogens with one attached hydrogen (secondary N) is 1. The third-order valence-corrected chi connectivity index (χ3v) is 5.13. The van der Waals surface area contributed by atoms with Crippen molar-refractivity contribution < 1.29 is 0 Å². The number of halogens is 1. The summed E-state index contributed by atoms with van der Waals surface area (Å²) in [5.41, 5.74) is 0. The smallest absolute Gasteiger partial charge is 0.126 e. The monoisotopic (exact) mass is 337 g/mol. The van der Waals surface area contributed by atoms with Gasteiger partial charge in [0.15, 0.2) is 0 Å². The minimum absolute atomic E-state index is 0.587. The molecule has 1 aromatic heterocycles. The average molecular weight is 338 g/mol. The molecule has 1 saturated heterocycles. The molecule has 2 aliphatic rings. The van der Waals surface area contributed by atoms with Crippen molar-refractivity contribution in [3.63, 3.8) is 0 Å². The molecule has 1 saturated carbocycles. The Labute approximate surface area is 130 Å². The SMILES string of the molecule is Brc1ccc(NC2CCN(CC3CCCC3)CC2)nc1. The van der Waals surface area contributed by atoms with Crippen LogP contribution in [0.4, 0.5) is 5.82 Å². The lowest BCUT2D eigenvalue weighted by molar-refractivity contribution is 0.189. The van der Waals surface area contributed by atoms with Crippen molar-refractivity contribution in [2.24, 2.45) is 5.92 Å². The second-order valence-corrected chi connectivity index (χ2v) is 7.15. The number of hydrogen-bond acceptors (Lipinski definition) is 3. The highest BCUT2D eigenvalue weighted by molar-refractivity contribution is 9.10. The third kappa shape index (κ3) is 3.95. The molecule has 1 aliphatic carbocycles. The molecule has 3 nitrogen and oxygen atoms in total. The molecule has 0 atom stereocenters. The predicted molar refractivity (Wildman–Crippen MR) is 87.0 cm³/mol. The highest BCUT2D eigenvalue weighted by atomic mass is 79.9. The molecule has 2 fully saturated rings. The first-order chi connectivity index (χ1) is 9.79. The maximum absolute atomic E-state index is 4.40. The number of piperidine rings is 1. The fourth-order valence-corrected chi connectivity index (χ4v) is 3.72. The van der Waals surface area contributed by atoms with Gasteiger partial charge in [0.05, 0.1) is 0 Å². The van der Waals surface area contributed by atoms with Crippen LogP contribution in [0, 0.1) is 5.92 Å². The molecule has 1 N–H and O–H groups in total. The van der Waals surface area contributed by atoms with Crippen LogP contribution in [-0.2, 0) is 0 Å². The highest BCUT2D eigenvalue weighted by Gasteiger charge is 2.23. The van der Waals surface area contributed by atoms with E-state index >= 15 is 0 Å². The molecular formula is C16H24BrN3. The number of pyridine rings is 1. The Kier molecular flexibility index (Phi) is 4.94. The van der Waals surface area contributed by atoms with E-state index in [0.717, 1.165) is 16.2 Å². The number of anilines is 1. The molecular weight excluding hydrogens is 314 g/mol. The van der Waals surface area contributed by atoms with Gasteiger partial charge in [0.25, 0.3) is 0 Å². The van der Waals surface area contributed by atoms with E-state index in [4.69, 9.17) is 0 Å². The van der Waals surface area contributed by atoms with E-state index < -0.39 is 0 Å². The largest absolute Gasteiger partial charge is 0.367 e. The second-order valence-electron chi connectivity index (χ2n) is 6.23. The van der Waals surface area contributed by atoms with E-state index in [1.54, 1.807) is 0 Å². The van der Waals surface area contributed by atoms with Gasteiger partial charge in [-0.15, -0.1) is 0 Å². The van der Waals surface area contributed by atoms with Crippen LogP contribution in [0.5, 0.6) is 0 Å². The first-order valence-electron chi connectivity index (χ1n) is 7.90. The van der Waals surface area contributed by atoms with Crippen molar-refractivity contribution in [3.8, 4) is 0 Å².